The molecular formula is C23H19Br2NO4. The molecule has 0 spiro atoms. The smallest absolute Gasteiger partial charge is 0.315 e. The fraction of sp³-hybridized carbons (Fsp3) is 0.348. The van der Waals surface area contributed by atoms with E-state index < -0.39 is 0 Å². The number of anilines is 1. The third-order valence-corrected chi connectivity index (χ3v) is 9.71. The number of benzene rings is 2. The van der Waals surface area contributed by atoms with Crippen LogP contribution in [0.1, 0.15) is 12.0 Å². The van der Waals surface area contributed by atoms with Crippen LogP contribution >= 0.6 is 31.9 Å². The molecule has 0 aromatic heterocycles. The number of esters is 1. The number of carbonyl (C=O) groups excluding carboxylic acids is 3. The molecule has 1 heterocycles. The first-order chi connectivity index (χ1) is 14.5. The van der Waals surface area contributed by atoms with Gasteiger partial charge < -0.3 is 4.74 Å². The number of nitrogens with zero attached hydrogens (tertiary/aromatic N) is 1. The van der Waals surface area contributed by atoms with E-state index in [0.29, 0.717) is 11.4 Å². The van der Waals surface area contributed by atoms with Gasteiger partial charge in [-0.05, 0) is 48.1 Å². The highest BCUT2D eigenvalue weighted by atomic mass is 79.9. The number of ether oxygens (including phenoxy) is 1. The molecule has 0 N–H and O–H groups in total. The van der Waals surface area contributed by atoms with Gasteiger partial charge in [0.25, 0.3) is 0 Å². The number of alkyl halides is 2. The van der Waals surface area contributed by atoms with Gasteiger partial charge in [-0.2, -0.15) is 0 Å². The highest BCUT2D eigenvalue weighted by Crippen LogP contribution is 2.60. The van der Waals surface area contributed by atoms with Gasteiger partial charge in [0.1, 0.15) is 5.75 Å². The summed E-state index contributed by atoms with van der Waals surface area (Å²) < 4.78 is 5.40. The van der Waals surface area contributed by atoms with Gasteiger partial charge in [0.05, 0.1) is 23.9 Å². The molecule has 0 unspecified atom stereocenters. The number of amides is 2. The molecule has 154 valence electrons. The van der Waals surface area contributed by atoms with Gasteiger partial charge in [0.2, 0.25) is 11.8 Å². The Hall–Kier alpha value is -1.99. The molecule has 1 saturated heterocycles. The van der Waals surface area contributed by atoms with E-state index in [1.165, 1.54) is 4.90 Å². The average Bonchev–Trinajstić information content (AvgIpc) is 3.34. The summed E-state index contributed by atoms with van der Waals surface area (Å²) >= 11 is 7.40. The van der Waals surface area contributed by atoms with E-state index in [-0.39, 0.29) is 57.5 Å². The van der Waals surface area contributed by atoms with Crippen molar-refractivity contribution in [3.05, 3.63) is 60.2 Å². The zero-order chi connectivity index (χ0) is 21.0. The predicted octanol–water partition coefficient (Wildman–Crippen LogP) is 4.12. The average molecular weight is 533 g/mol. The maximum absolute atomic E-state index is 13.1. The summed E-state index contributed by atoms with van der Waals surface area (Å²) in [5.41, 5.74) is 1.41. The van der Waals surface area contributed by atoms with Gasteiger partial charge in [-0.15, -0.1) is 0 Å². The second-order valence-electron chi connectivity index (χ2n) is 8.15. The molecule has 5 rings (SSSR count). The Kier molecular flexibility index (Phi) is 5.06. The molecule has 2 aliphatic carbocycles. The molecule has 2 saturated carbocycles. The third-order valence-electron chi connectivity index (χ3n) is 6.50. The third kappa shape index (κ3) is 3.14. The van der Waals surface area contributed by atoms with Gasteiger partial charge in [-0.1, -0.05) is 62.2 Å². The van der Waals surface area contributed by atoms with Gasteiger partial charge in [-0.3, -0.25) is 19.3 Å². The van der Waals surface area contributed by atoms with Crippen molar-refractivity contribution in [2.24, 2.45) is 23.7 Å². The van der Waals surface area contributed by atoms with Crippen LogP contribution in [0.4, 0.5) is 5.69 Å². The molecule has 30 heavy (non-hydrogen) atoms. The quantitative estimate of drug-likeness (QED) is 0.257. The summed E-state index contributed by atoms with van der Waals surface area (Å²) in [5, 5.41) is 0. The lowest BCUT2D eigenvalue weighted by Crippen LogP contribution is -2.37. The zero-order valence-electron chi connectivity index (χ0n) is 15.9. The SMILES string of the molecule is O=C(Cc1ccccc1)Oc1ccc(N2C(=O)[C@H]3[C@@H]4C[C@@H]([C@@H](Br)[C@H]4Br)[C@@H]3C2=O)cc1. The summed E-state index contributed by atoms with van der Waals surface area (Å²) in [4.78, 5) is 40.1. The number of hydrogen-bond acceptors (Lipinski definition) is 4. The molecule has 2 amide bonds. The maximum Gasteiger partial charge on any atom is 0.315 e. The summed E-state index contributed by atoms with van der Waals surface area (Å²) in [6.45, 7) is 0. The van der Waals surface area contributed by atoms with E-state index in [0.717, 1.165) is 12.0 Å². The van der Waals surface area contributed by atoms with Crippen molar-refractivity contribution < 1.29 is 19.1 Å². The summed E-state index contributed by atoms with van der Waals surface area (Å²) in [7, 11) is 0. The second-order valence-corrected chi connectivity index (χ2v) is 10.3. The summed E-state index contributed by atoms with van der Waals surface area (Å²) in [6, 6.07) is 16.0. The minimum absolute atomic E-state index is 0.116. The van der Waals surface area contributed by atoms with Gasteiger partial charge >= 0.3 is 5.97 Å². The number of fused-ring (bicyclic) bond motifs is 5. The molecule has 3 fully saturated rings. The van der Waals surface area contributed by atoms with Crippen molar-refractivity contribution in [2.45, 2.75) is 22.5 Å². The van der Waals surface area contributed by atoms with Crippen LogP contribution in [-0.2, 0) is 20.8 Å². The molecule has 1 aliphatic heterocycles. The van der Waals surface area contributed by atoms with Crippen molar-refractivity contribution in [2.75, 3.05) is 4.90 Å². The zero-order valence-corrected chi connectivity index (χ0v) is 19.1. The number of imide groups is 1. The van der Waals surface area contributed by atoms with E-state index in [1.54, 1.807) is 24.3 Å². The van der Waals surface area contributed by atoms with Crippen LogP contribution in [0, 0.1) is 23.7 Å². The van der Waals surface area contributed by atoms with Gasteiger partial charge in [0, 0.05) is 9.65 Å². The first kappa shape index (κ1) is 19.9. The monoisotopic (exact) mass is 531 g/mol. The van der Waals surface area contributed by atoms with E-state index in [2.05, 4.69) is 31.9 Å². The Morgan fingerprint density at radius 3 is 2.03 bits per heavy atom. The number of rotatable bonds is 4. The first-order valence-corrected chi connectivity index (χ1v) is 11.8. The second kappa shape index (κ2) is 7.61. The molecule has 7 heteroatoms. The Bertz CT molecular complexity index is 978. The van der Waals surface area contributed by atoms with Crippen molar-refractivity contribution in [1.29, 1.82) is 0 Å². The maximum atomic E-state index is 13.1. The van der Waals surface area contributed by atoms with Gasteiger partial charge in [0.15, 0.2) is 0 Å². The van der Waals surface area contributed by atoms with E-state index >= 15 is 0 Å². The molecule has 2 aromatic rings. The highest BCUT2D eigenvalue weighted by Gasteiger charge is 2.66. The summed E-state index contributed by atoms with van der Waals surface area (Å²) in [5.74, 6) is -0.327. The Morgan fingerprint density at radius 1 is 0.900 bits per heavy atom. The normalized spacial score (nSPS) is 31.9. The van der Waals surface area contributed by atoms with Crippen molar-refractivity contribution in [1.82, 2.24) is 0 Å². The van der Waals surface area contributed by atoms with Crippen LogP contribution in [0.5, 0.6) is 5.75 Å². The van der Waals surface area contributed by atoms with E-state index in [9.17, 15) is 14.4 Å². The lowest BCUT2D eigenvalue weighted by Gasteiger charge is -2.28. The molecule has 2 bridgehead atoms. The Balaban J connectivity index is 1.30. The van der Waals surface area contributed by atoms with Crippen molar-refractivity contribution in [3.8, 4) is 5.75 Å². The lowest BCUT2D eigenvalue weighted by atomic mass is 9.81. The van der Waals surface area contributed by atoms with Crippen LogP contribution in [0.2, 0.25) is 0 Å². The molecule has 5 nitrogen and oxygen atoms in total. The lowest BCUT2D eigenvalue weighted by molar-refractivity contribution is -0.133. The van der Waals surface area contributed by atoms with Crippen LogP contribution in [0.25, 0.3) is 0 Å². The van der Waals surface area contributed by atoms with Gasteiger partial charge in [-0.25, -0.2) is 0 Å². The Morgan fingerprint density at radius 2 is 1.47 bits per heavy atom. The van der Waals surface area contributed by atoms with Crippen LogP contribution in [0.3, 0.4) is 0 Å². The fourth-order valence-corrected chi connectivity index (χ4v) is 7.07. The topological polar surface area (TPSA) is 63.7 Å². The number of halogens is 2. The summed E-state index contributed by atoms with van der Waals surface area (Å²) in [6.07, 6.45) is 1.09. The minimum Gasteiger partial charge on any atom is -0.426 e. The van der Waals surface area contributed by atoms with Crippen molar-refractivity contribution >= 4 is 55.3 Å². The van der Waals surface area contributed by atoms with Crippen LogP contribution in [0.15, 0.2) is 54.6 Å². The van der Waals surface area contributed by atoms with Crippen LogP contribution in [-0.4, -0.2) is 27.4 Å². The van der Waals surface area contributed by atoms with Crippen molar-refractivity contribution in [3.63, 3.8) is 0 Å². The van der Waals surface area contributed by atoms with E-state index in [4.69, 9.17) is 4.74 Å². The molecule has 0 radical (unpaired) electrons. The van der Waals surface area contributed by atoms with E-state index in [1.807, 2.05) is 30.3 Å². The number of hydrogen-bond donors (Lipinski definition) is 0. The molecule has 2 aromatic carbocycles. The molecule has 6 atom stereocenters. The minimum atomic E-state index is -0.361. The number of carbonyl (C=O) groups is 3. The first-order valence-electron chi connectivity index (χ1n) is 9.96. The standard InChI is InChI=1S/C23H19Br2NO4/c24-20-15-11-16(21(20)25)19-18(15)22(28)26(23(19)29)13-6-8-14(9-7-13)30-17(27)10-12-4-2-1-3-5-12/h1-9,15-16,18-21H,10-11H2/t15-,16+,18-,19-,20-,21+/m0/s1. The highest BCUT2D eigenvalue weighted by molar-refractivity contribution is 9.12. The fourth-order valence-electron chi connectivity index (χ4n) is 5.20. The van der Waals surface area contributed by atoms with Crippen LogP contribution < -0.4 is 9.64 Å². The molecular weight excluding hydrogens is 514 g/mol. The molecule has 3 aliphatic rings. The predicted molar refractivity (Wildman–Crippen MR) is 119 cm³/mol. The largest absolute Gasteiger partial charge is 0.426 e. The Labute approximate surface area is 191 Å².